The minimum absolute atomic E-state index is 0.568. The van der Waals surface area contributed by atoms with E-state index in [4.69, 9.17) is 5.84 Å². The van der Waals surface area contributed by atoms with Gasteiger partial charge in [-0.2, -0.15) is 5.10 Å². The zero-order valence-electron chi connectivity index (χ0n) is 8.04. The molecule has 2 rings (SSSR count). The van der Waals surface area contributed by atoms with Crippen molar-refractivity contribution in [2.45, 2.75) is 26.2 Å². The molecule has 1 aromatic rings. The summed E-state index contributed by atoms with van der Waals surface area (Å²) in [5.41, 5.74) is 5.07. The van der Waals surface area contributed by atoms with Crippen molar-refractivity contribution in [1.29, 1.82) is 0 Å². The summed E-state index contributed by atoms with van der Waals surface area (Å²) < 4.78 is 0. The van der Waals surface area contributed by atoms with Gasteiger partial charge >= 0.3 is 0 Å². The van der Waals surface area contributed by atoms with Gasteiger partial charge in [-0.3, -0.25) is 0 Å². The Morgan fingerprint density at radius 2 is 2.23 bits per heavy atom. The van der Waals surface area contributed by atoms with Gasteiger partial charge in [0.15, 0.2) is 0 Å². The Hall–Kier alpha value is -1.31. The van der Waals surface area contributed by atoms with E-state index in [9.17, 15) is 0 Å². The molecule has 1 unspecified atom stereocenters. The number of hydrogen-bond acceptors (Lipinski definition) is 2. The van der Waals surface area contributed by atoms with Crippen LogP contribution in [-0.4, -0.2) is 5.71 Å². The maximum atomic E-state index is 5.35. The first-order valence-corrected chi connectivity index (χ1v) is 4.60. The van der Waals surface area contributed by atoms with Gasteiger partial charge in [-0.1, -0.05) is 25.1 Å². The van der Waals surface area contributed by atoms with Crippen molar-refractivity contribution >= 4 is 5.71 Å². The quantitative estimate of drug-likeness (QED) is 0.475. The number of rotatable bonds is 0. The van der Waals surface area contributed by atoms with Gasteiger partial charge in [-0.05, 0) is 30.4 Å². The molecular weight excluding hydrogens is 160 g/mol. The van der Waals surface area contributed by atoms with Crippen LogP contribution >= 0.6 is 0 Å². The summed E-state index contributed by atoms with van der Waals surface area (Å²) in [4.78, 5) is 0. The van der Waals surface area contributed by atoms with Gasteiger partial charge in [0.05, 0.1) is 5.71 Å². The van der Waals surface area contributed by atoms with Crippen molar-refractivity contribution in [3.63, 3.8) is 0 Å². The van der Waals surface area contributed by atoms with Crippen molar-refractivity contribution in [3.8, 4) is 0 Å². The van der Waals surface area contributed by atoms with Gasteiger partial charge in [0.25, 0.3) is 0 Å². The number of aryl methyl sites for hydroxylation is 1. The summed E-state index contributed by atoms with van der Waals surface area (Å²) in [5, 5.41) is 3.84. The molecule has 2 nitrogen and oxygen atoms in total. The summed E-state index contributed by atoms with van der Waals surface area (Å²) in [7, 11) is 0. The lowest BCUT2D eigenvalue weighted by Crippen LogP contribution is -1.98. The maximum absolute atomic E-state index is 5.35. The zero-order valence-corrected chi connectivity index (χ0v) is 8.04. The molecule has 1 aliphatic rings. The summed E-state index contributed by atoms with van der Waals surface area (Å²) >= 11 is 0. The number of nitrogens with two attached hydrogens (primary N) is 1. The summed E-state index contributed by atoms with van der Waals surface area (Å²) in [6.07, 6.45) is 0.983. The highest BCUT2D eigenvalue weighted by molar-refractivity contribution is 6.05. The molecule has 0 amide bonds. The molecule has 1 aliphatic carbocycles. The van der Waals surface area contributed by atoms with Crippen LogP contribution in [0.1, 0.15) is 36.0 Å². The molecule has 0 radical (unpaired) electrons. The number of benzene rings is 1. The van der Waals surface area contributed by atoms with Crippen molar-refractivity contribution < 1.29 is 0 Å². The SMILES string of the molecule is Cc1cccc2c1C(C)C/C2=N/N. The van der Waals surface area contributed by atoms with Gasteiger partial charge in [-0.25, -0.2) is 0 Å². The lowest BCUT2D eigenvalue weighted by molar-refractivity contribution is 0.826. The molecule has 0 fully saturated rings. The third-order valence-corrected chi connectivity index (χ3v) is 2.78. The molecule has 0 aromatic heterocycles. The van der Waals surface area contributed by atoms with Crippen LogP contribution in [0.15, 0.2) is 23.3 Å². The molecule has 2 heteroatoms. The second-order valence-electron chi connectivity index (χ2n) is 3.72. The molecule has 0 heterocycles. The van der Waals surface area contributed by atoms with E-state index in [1.54, 1.807) is 0 Å². The van der Waals surface area contributed by atoms with Crippen LogP contribution in [0.3, 0.4) is 0 Å². The largest absolute Gasteiger partial charge is 0.323 e. The molecule has 0 spiro atoms. The van der Waals surface area contributed by atoms with Crippen molar-refractivity contribution in [2.24, 2.45) is 10.9 Å². The summed E-state index contributed by atoms with van der Waals surface area (Å²) in [6, 6.07) is 6.32. The molecule has 2 N–H and O–H groups in total. The average Bonchev–Trinajstić information content (AvgIpc) is 2.44. The Labute approximate surface area is 78.5 Å². The van der Waals surface area contributed by atoms with E-state index < -0.39 is 0 Å². The first kappa shape index (κ1) is 8.30. The second-order valence-corrected chi connectivity index (χ2v) is 3.72. The van der Waals surface area contributed by atoms with E-state index in [0.717, 1.165) is 12.1 Å². The van der Waals surface area contributed by atoms with Gasteiger partial charge in [-0.15, -0.1) is 0 Å². The third kappa shape index (κ3) is 1.13. The fourth-order valence-corrected chi connectivity index (χ4v) is 2.21. The molecule has 1 atom stereocenters. The Balaban J connectivity index is 2.64. The molecule has 68 valence electrons. The highest BCUT2D eigenvalue weighted by Crippen LogP contribution is 2.34. The number of fused-ring (bicyclic) bond motifs is 1. The van der Waals surface area contributed by atoms with Crippen molar-refractivity contribution in [3.05, 3.63) is 34.9 Å². The Morgan fingerprint density at radius 1 is 1.46 bits per heavy atom. The molecule has 0 saturated heterocycles. The first-order valence-electron chi connectivity index (χ1n) is 4.60. The minimum atomic E-state index is 0.568. The van der Waals surface area contributed by atoms with Crippen LogP contribution in [0.5, 0.6) is 0 Å². The van der Waals surface area contributed by atoms with Crippen LogP contribution in [-0.2, 0) is 0 Å². The van der Waals surface area contributed by atoms with Gasteiger partial charge in [0.1, 0.15) is 0 Å². The maximum Gasteiger partial charge on any atom is 0.0681 e. The van der Waals surface area contributed by atoms with E-state index in [1.807, 2.05) is 0 Å². The van der Waals surface area contributed by atoms with Crippen LogP contribution in [0, 0.1) is 6.92 Å². The topological polar surface area (TPSA) is 38.4 Å². The minimum Gasteiger partial charge on any atom is -0.323 e. The lowest BCUT2D eigenvalue weighted by atomic mass is 9.98. The molecule has 0 aliphatic heterocycles. The van der Waals surface area contributed by atoms with Crippen LogP contribution in [0.25, 0.3) is 0 Å². The fraction of sp³-hybridized carbons (Fsp3) is 0.364. The normalized spacial score (nSPS) is 23.5. The van der Waals surface area contributed by atoms with E-state index >= 15 is 0 Å². The monoisotopic (exact) mass is 174 g/mol. The number of hydrazone groups is 1. The van der Waals surface area contributed by atoms with E-state index in [2.05, 4.69) is 37.1 Å². The molecule has 1 aromatic carbocycles. The van der Waals surface area contributed by atoms with Crippen LogP contribution in [0.4, 0.5) is 0 Å². The predicted molar refractivity (Wildman–Crippen MR) is 54.9 cm³/mol. The smallest absolute Gasteiger partial charge is 0.0681 e. The molecule has 0 bridgehead atoms. The van der Waals surface area contributed by atoms with E-state index in [1.165, 1.54) is 16.7 Å². The van der Waals surface area contributed by atoms with Gasteiger partial charge < -0.3 is 5.84 Å². The number of nitrogens with zero attached hydrogens (tertiary/aromatic N) is 1. The van der Waals surface area contributed by atoms with Gasteiger partial charge in [0, 0.05) is 5.56 Å². The predicted octanol–water partition coefficient (Wildman–Crippen LogP) is 2.17. The Kier molecular flexibility index (Phi) is 1.83. The van der Waals surface area contributed by atoms with Crippen molar-refractivity contribution in [1.82, 2.24) is 0 Å². The standard InChI is InChI=1S/C11H14N2/c1-7-4-3-5-9-10(13-12)6-8(2)11(7)9/h3-5,8H,6,12H2,1-2H3/b13-10-. The molecule has 13 heavy (non-hydrogen) atoms. The summed E-state index contributed by atoms with van der Waals surface area (Å²) in [5.74, 6) is 5.92. The highest BCUT2D eigenvalue weighted by atomic mass is 15.1. The number of hydrogen-bond donors (Lipinski definition) is 1. The van der Waals surface area contributed by atoms with Crippen LogP contribution in [0.2, 0.25) is 0 Å². The van der Waals surface area contributed by atoms with Crippen LogP contribution < -0.4 is 5.84 Å². The fourth-order valence-electron chi connectivity index (χ4n) is 2.21. The van der Waals surface area contributed by atoms with Gasteiger partial charge in [0.2, 0.25) is 0 Å². The third-order valence-electron chi connectivity index (χ3n) is 2.78. The lowest BCUT2D eigenvalue weighted by Gasteiger charge is -2.06. The average molecular weight is 174 g/mol. The highest BCUT2D eigenvalue weighted by Gasteiger charge is 2.25. The summed E-state index contributed by atoms with van der Waals surface area (Å²) in [6.45, 7) is 4.37. The van der Waals surface area contributed by atoms with Crippen molar-refractivity contribution in [2.75, 3.05) is 0 Å². The Morgan fingerprint density at radius 3 is 2.92 bits per heavy atom. The van der Waals surface area contributed by atoms with E-state index in [-0.39, 0.29) is 0 Å². The zero-order chi connectivity index (χ0) is 9.42. The Bertz CT molecular complexity index is 366. The molecule has 0 saturated carbocycles. The van der Waals surface area contributed by atoms with E-state index in [0.29, 0.717) is 5.92 Å². The first-order chi connectivity index (χ1) is 6.24. The molecular formula is C11H14N2. The second kappa shape index (κ2) is 2.87.